The largest absolute Gasteiger partial charge is 0.451 e. The topological polar surface area (TPSA) is 81.9 Å². The molecule has 0 aromatic carbocycles. The minimum absolute atomic E-state index is 0.156. The minimum atomic E-state index is -0.955. The van der Waals surface area contributed by atoms with E-state index in [1.54, 1.807) is 6.92 Å². The van der Waals surface area contributed by atoms with Gasteiger partial charge in [-0.05, 0) is 6.92 Å². The van der Waals surface area contributed by atoms with Crippen LogP contribution in [0.25, 0.3) is 0 Å². The van der Waals surface area contributed by atoms with Gasteiger partial charge in [0.15, 0.2) is 0 Å². The van der Waals surface area contributed by atoms with Crippen LogP contribution >= 0.6 is 0 Å². The lowest BCUT2D eigenvalue weighted by Gasteiger charge is -2.11. The van der Waals surface area contributed by atoms with Crippen LogP contribution in [0.15, 0.2) is 0 Å². The van der Waals surface area contributed by atoms with Gasteiger partial charge in [0.2, 0.25) is 0 Å². The SMILES string of the molecule is CCOC(=O)N(N)C(=O)OC. The molecule has 0 spiro atoms. The van der Waals surface area contributed by atoms with Gasteiger partial charge in [-0.2, -0.15) is 0 Å². The molecular weight excluding hydrogens is 152 g/mol. The molecule has 0 bridgehead atoms. The average molecular weight is 162 g/mol. The molecule has 6 nitrogen and oxygen atoms in total. The lowest BCUT2D eigenvalue weighted by atomic mass is 10.8. The van der Waals surface area contributed by atoms with Crippen LogP contribution in [-0.2, 0) is 9.47 Å². The van der Waals surface area contributed by atoms with Gasteiger partial charge in [0.25, 0.3) is 0 Å². The van der Waals surface area contributed by atoms with Crippen molar-refractivity contribution in [3.63, 3.8) is 0 Å². The molecule has 6 heteroatoms. The Hall–Kier alpha value is -1.30. The molecule has 11 heavy (non-hydrogen) atoms. The van der Waals surface area contributed by atoms with Crippen LogP contribution in [-0.4, -0.2) is 30.9 Å². The molecule has 0 aromatic rings. The fraction of sp³-hybridized carbons (Fsp3) is 0.600. The van der Waals surface area contributed by atoms with Crippen molar-refractivity contribution in [1.29, 1.82) is 0 Å². The van der Waals surface area contributed by atoms with Gasteiger partial charge in [-0.15, -0.1) is 5.01 Å². The Kier molecular flexibility index (Phi) is 3.97. The first-order valence-corrected chi connectivity index (χ1v) is 2.93. The zero-order valence-corrected chi connectivity index (χ0v) is 6.36. The lowest BCUT2D eigenvalue weighted by Crippen LogP contribution is -2.42. The minimum Gasteiger partial charge on any atom is -0.451 e. The van der Waals surface area contributed by atoms with Crippen molar-refractivity contribution in [3.8, 4) is 0 Å². The van der Waals surface area contributed by atoms with Gasteiger partial charge < -0.3 is 9.47 Å². The van der Waals surface area contributed by atoms with Crippen LogP contribution < -0.4 is 5.84 Å². The molecule has 0 fully saturated rings. The number of ether oxygens (including phenoxy) is 2. The van der Waals surface area contributed by atoms with Crippen LogP contribution in [0.5, 0.6) is 0 Å². The first-order valence-electron chi connectivity index (χ1n) is 2.93. The molecular formula is C5H10N2O4. The molecule has 0 aromatic heterocycles. The summed E-state index contributed by atoms with van der Waals surface area (Å²) in [6.45, 7) is 1.76. The molecule has 0 heterocycles. The summed E-state index contributed by atoms with van der Waals surface area (Å²) in [5.41, 5.74) is 0. The number of methoxy groups -OCH3 is 1. The predicted octanol–water partition coefficient (Wildman–Crippen LogP) is 0.0850. The summed E-state index contributed by atoms with van der Waals surface area (Å²) < 4.78 is 8.53. The van der Waals surface area contributed by atoms with E-state index in [2.05, 4.69) is 9.47 Å². The van der Waals surface area contributed by atoms with E-state index in [0.29, 0.717) is 0 Å². The van der Waals surface area contributed by atoms with Gasteiger partial charge >= 0.3 is 12.2 Å². The molecule has 0 aliphatic heterocycles. The summed E-state index contributed by atoms with van der Waals surface area (Å²) in [5, 5.41) is 0.253. The second kappa shape index (κ2) is 4.51. The van der Waals surface area contributed by atoms with Crippen molar-refractivity contribution in [3.05, 3.63) is 0 Å². The van der Waals surface area contributed by atoms with E-state index >= 15 is 0 Å². The molecule has 0 saturated carbocycles. The number of rotatable bonds is 1. The highest BCUT2D eigenvalue weighted by Crippen LogP contribution is 1.89. The summed E-state index contributed by atoms with van der Waals surface area (Å²) in [6.07, 6.45) is -1.89. The zero-order chi connectivity index (χ0) is 8.85. The summed E-state index contributed by atoms with van der Waals surface area (Å²) in [7, 11) is 1.11. The van der Waals surface area contributed by atoms with Crippen molar-refractivity contribution in [2.45, 2.75) is 6.92 Å². The van der Waals surface area contributed by atoms with E-state index in [1.807, 2.05) is 0 Å². The maximum Gasteiger partial charge on any atom is 0.434 e. The molecule has 0 aliphatic carbocycles. The van der Waals surface area contributed by atoms with E-state index in [-0.39, 0.29) is 11.6 Å². The number of hydrazine groups is 1. The first kappa shape index (κ1) is 9.70. The number of carbonyl (C=O) groups excluding carboxylic acids is 2. The lowest BCUT2D eigenvalue weighted by molar-refractivity contribution is 0.0892. The normalized spacial score (nSPS) is 8.64. The van der Waals surface area contributed by atoms with Gasteiger partial charge in [-0.3, -0.25) is 0 Å². The van der Waals surface area contributed by atoms with Crippen molar-refractivity contribution in [2.75, 3.05) is 13.7 Å². The molecule has 64 valence electrons. The van der Waals surface area contributed by atoms with E-state index in [9.17, 15) is 9.59 Å². The molecule has 0 rings (SSSR count). The van der Waals surface area contributed by atoms with E-state index in [4.69, 9.17) is 5.84 Å². The van der Waals surface area contributed by atoms with Crippen molar-refractivity contribution in [2.24, 2.45) is 5.84 Å². The summed E-state index contributed by atoms with van der Waals surface area (Å²) in [5.74, 6) is 4.94. The van der Waals surface area contributed by atoms with Crippen LogP contribution in [0.3, 0.4) is 0 Å². The highest BCUT2D eigenvalue weighted by Gasteiger charge is 2.18. The highest BCUT2D eigenvalue weighted by atomic mass is 16.6. The summed E-state index contributed by atoms with van der Waals surface area (Å²) in [6, 6.07) is 0. The van der Waals surface area contributed by atoms with Gasteiger partial charge in [0.1, 0.15) is 0 Å². The van der Waals surface area contributed by atoms with E-state index < -0.39 is 12.2 Å². The number of nitrogens with zero attached hydrogens (tertiary/aromatic N) is 1. The molecule has 2 amide bonds. The third-order valence-corrected chi connectivity index (χ3v) is 0.836. The Morgan fingerprint density at radius 1 is 1.45 bits per heavy atom. The molecule has 2 N–H and O–H groups in total. The Morgan fingerprint density at radius 2 is 2.00 bits per heavy atom. The van der Waals surface area contributed by atoms with Crippen LogP contribution in [0.2, 0.25) is 0 Å². The summed E-state index contributed by atoms with van der Waals surface area (Å²) >= 11 is 0. The maximum absolute atomic E-state index is 10.6. The Bertz CT molecular complexity index is 159. The Morgan fingerprint density at radius 3 is 2.36 bits per heavy atom. The predicted molar refractivity (Wildman–Crippen MR) is 35.5 cm³/mol. The zero-order valence-electron chi connectivity index (χ0n) is 6.36. The third-order valence-electron chi connectivity index (χ3n) is 0.836. The monoisotopic (exact) mass is 162 g/mol. The van der Waals surface area contributed by atoms with Crippen LogP contribution in [0, 0.1) is 0 Å². The fourth-order valence-electron chi connectivity index (χ4n) is 0.366. The molecule has 0 unspecified atom stereocenters. The van der Waals surface area contributed by atoms with Gasteiger partial charge in [-0.25, -0.2) is 15.4 Å². The summed E-state index contributed by atoms with van der Waals surface area (Å²) in [4.78, 5) is 21.1. The Labute approximate surface area is 63.8 Å². The second-order valence-electron chi connectivity index (χ2n) is 1.54. The molecule has 0 saturated heterocycles. The van der Waals surface area contributed by atoms with Crippen LogP contribution in [0.1, 0.15) is 6.92 Å². The van der Waals surface area contributed by atoms with Crippen molar-refractivity contribution in [1.82, 2.24) is 5.01 Å². The number of hydrogen-bond acceptors (Lipinski definition) is 5. The quantitative estimate of drug-likeness (QED) is 0.335. The number of imide groups is 1. The van der Waals surface area contributed by atoms with Gasteiger partial charge in [0, 0.05) is 0 Å². The van der Waals surface area contributed by atoms with Crippen molar-refractivity contribution < 1.29 is 19.1 Å². The molecule has 0 aliphatic rings. The number of hydrogen-bond donors (Lipinski definition) is 1. The first-order chi connectivity index (χ1) is 5.13. The average Bonchev–Trinajstić information content (AvgIpc) is 2.02. The number of amides is 2. The van der Waals surface area contributed by atoms with Gasteiger partial charge in [0.05, 0.1) is 13.7 Å². The second-order valence-corrected chi connectivity index (χ2v) is 1.54. The Balaban J connectivity index is 3.91. The van der Waals surface area contributed by atoms with Gasteiger partial charge in [-0.1, -0.05) is 0 Å². The maximum atomic E-state index is 10.6. The molecule has 0 atom stereocenters. The standard InChI is InChI=1S/C5H10N2O4/c1-3-11-5(9)7(6)4(8)10-2/h3,6H2,1-2H3. The number of nitrogens with two attached hydrogens (primary N) is 1. The molecule has 0 radical (unpaired) electrons. The fourth-order valence-corrected chi connectivity index (χ4v) is 0.366. The van der Waals surface area contributed by atoms with E-state index in [1.165, 1.54) is 0 Å². The number of carbonyl (C=O) groups is 2. The third kappa shape index (κ3) is 2.85. The van der Waals surface area contributed by atoms with Crippen molar-refractivity contribution >= 4 is 12.2 Å². The smallest absolute Gasteiger partial charge is 0.434 e. The van der Waals surface area contributed by atoms with E-state index in [0.717, 1.165) is 7.11 Å². The van der Waals surface area contributed by atoms with Crippen LogP contribution in [0.4, 0.5) is 9.59 Å². The highest BCUT2D eigenvalue weighted by molar-refractivity contribution is 5.86.